The van der Waals surface area contributed by atoms with Crippen LogP contribution in [0.4, 0.5) is 0 Å². The Morgan fingerprint density at radius 2 is 2.25 bits per heavy atom. The van der Waals surface area contributed by atoms with Crippen molar-refractivity contribution in [2.45, 2.75) is 13.0 Å². The third kappa shape index (κ3) is 2.35. The van der Waals surface area contributed by atoms with E-state index in [1.807, 2.05) is 12.1 Å². The van der Waals surface area contributed by atoms with Crippen molar-refractivity contribution in [3.05, 3.63) is 39.2 Å². The second-order valence-corrected chi connectivity index (χ2v) is 6.49. The van der Waals surface area contributed by atoms with Gasteiger partial charge in [0.1, 0.15) is 0 Å². The second-order valence-electron chi connectivity index (χ2n) is 5.00. The monoisotopic (exact) mass is 307 g/mol. The number of aliphatic carboxylic acids is 1. The Balaban J connectivity index is 2.25. The van der Waals surface area contributed by atoms with Crippen LogP contribution in [0.25, 0.3) is 16.2 Å². The van der Waals surface area contributed by atoms with E-state index in [1.165, 1.54) is 27.3 Å². The zero-order chi connectivity index (χ0) is 14.3. The number of carboxylic acid groups (broad SMARTS) is 1. The van der Waals surface area contributed by atoms with Gasteiger partial charge in [-0.05, 0) is 42.8 Å². The SMILES string of the molecule is CN1CCc2c(Cl)ccc3sc(C=CC(=O)O)c(c23)C1. The Bertz CT molecular complexity index is 720. The van der Waals surface area contributed by atoms with E-state index in [9.17, 15) is 4.79 Å². The molecule has 0 aliphatic carbocycles. The molecule has 0 radical (unpaired) electrons. The molecule has 20 heavy (non-hydrogen) atoms. The smallest absolute Gasteiger partial charge is 0.328 e. The summed E-state index contributed by atoms with van der Waals surface area (Å²) >= 11 is 7.97. The van der Waals surface area contributed by atoms with Gasteiger partial charge >= 0.3 is 5.97 Å². The molecule has 0 bridgehead atoms. The number of carbonyl (C=O) groups is 1. The van der Waals surface area contributed by atoms with Crippen LogP contribution in [0.3, 0.4) is 0 Å². The van der Waals surface area contributed by atoms with Crippen molar-refractivity contribution in [2.75, 3.05) is 13.6 Å². The summed E-state index contributed by atoms with van der Waals surface area (Å²) in [7, 11) is 2.08. The molecule has 5 heteroatoms. The van der Waals surface area contributed by atoms with Gasteiger partial charge in [-0.1, -0.05) is 11.6 Å². The first-order valence-electron chi connectivity index (χ1n) is 6.38. The number of halogens is 1. The molecule has 1 aromatic carbocycles. The van der Waals surface area contributed by atoms with E-state index in [4.69, 9.17) is 16.7 Å². The maximum Gasteiger partial charge on any atom is 0.328 e. The van der Waals surface area contributed by atoms with E-state index in [0.29, 0.717) is 0 Å². The predicted molar refractivity (Wildman–Crippen MR) is 83.5 cm³/mol. The van der Waals surface area contributed by atoms with E-state index >= 15 is 0 Å². The minimum absolute atomic E-state index is 0.806. The average Bonchev–Trinajstić information content (AvgIpc) is 2.62. The lowest BCUT2D eigenvalue weighted by molar-refractivity contribution is -0.131. The number of rotatable bonds is 2. The van der Waals surface area contributed by atoms with Crippen LogP contribution in [0.5, 0.6) is 0 Å². The van der Waals surface area contributed by atoms with Crippen molar-refractivity contribution in [3.63, 3.8) is 0 Å². The molecule has 104 valence electrons. The number of benzene rings is 1. The summed E-state index contributed by atoms with van der Waals surface area (Å²) in [4.78, 5) is 14.0. The molecule has 0 saturated heterocycles. The van der Waals surface area contributed by atoms with Crippen LogP contribution >= 0.6 is 22.9 Å². The van der Waals surface area contributed by atoms with Gasteiger partial charge in [0.2, 0.25) is 0 Å². The zero-order valence-corrected chi connectivity index (χ0v) is 12.6. The van der Waals surface area contributed by atoms with E-state index in [-0.39, 0.29) is 0 Å². The van der Waals surface area contributed by atoms with Gasteiger partial charge in [-0.2, -0.15) is 0 Å². The van der Waals surface area contributed by atoms with Gasteiger partial charge in [0.15, 0.2) is 0 Å². The van der Waals surface area contributed by atoms with Crippen LogP contribution < -0.4 is 0 Å². The van der Waals surface area contributed by atoms with Gasteiger partial charge in [0.05, 0.1) is 0 Å². The van der Waals surface area contributed by atoms with Gasteiger partial charge in [-0.3, -0.25) is 0 Å². The van der Waals surface area contributed by atoms with Crippen molar-refractivity contribution >= 4 is 45.1 Å². The zero-order valence-electron chi connectivity index (χ0n) is 11.0. The summed E-state index contributed by atoms with van der Waals surface area (Å²) in [6, 6.07) is 3.97. The number of hydrogen-bond donors (Lipinski definition) is 1. The third-order valence-corrected chi connectivity index (χ3v) is 5.10. The molecular weight excluding hydrogens is 294 g/mol. The average molecular weight is 308 g/mol. The molecule has 1 aliphatic heterocycles. The topological polar surface area (TPSA) is 40.5 Å². The lowest BCUT2D eigenvalue weighted by Crippen LogP contribution is -2.18. The summed E-state index contributed by atoms with van der Waals surface area (Å²) in [6.45, 7) is 1.78. The lowest BCUT2D eigenvalue weighted by atomic mass is 10.0. The molecule has 0 amide bonds. The Morgan fingerprint density at radius 3 is 3.00 bits per heavy atom. The van der Waals surface area contributed by atoms with Crippen molar-refractivity contribution in [1.29, 1.82) is 0 Å². The van der Waals surface area contributed by atoms with Gasteiger partial charge < -0.3 is 10.0 Å². The fraction of sp³-hybridized carbons (Fsp3) is 0.267. The molecule has 1 N–H and O–H groups in total. The Hall–Kier alpha value is -1.36. The maximum absolute atomic E-state index is 10.7. The number of hydrogen-bond acceptors (Lipinski definition) is 3. The van der Waals surface area contributed by atoms with E-state index < -0.39 is 5.97 Å². The van der Waals surface area contributed by atoms with Crippen molar-refractivity contribution in [3.8, 4) is 0 Å². The molecule has 2 aromatic rings. The summed E-state index contributed by atoms with van der Waals surface area (Å²) in [5.74, 6) is -0.921. The quantitative estimate of drug-likeness (QED) is 0.861. The molecule has 0 fully saturated rings. The molecule has 0 unspecified atom stereocenters. The first-order valence-corrected chi connectivity index (χ1v) is 7.58. The fourth-order valence-electron chi connectivity index (χ4n) is 2.65. The molecule has 2 heterocycles. The van der Waals surface area contributed by atoms with Crippen LogP contribution in [0.1, 0.15) is 16.0 Å². The summed E-state index contributed by atoms with van der Waals surface area (Å²) < 4.78 is 1.18. The van der Waals surface area contributed by atoms with Gasteiger partial charge in [0.25, 0.3) is 0 Å². The third-order valence-electron chi connectivity index (χ3n) is 3.59. The van der Waals surface area contributed by atoms with Crippen molar-refractivity contribution in [1.82, 2.24) is 4.90 Å². The van der Waals surface area contributed by atoms with Gasteiger partial charge in [-0.15, -0.1) is 11.3 Å². The Morgan fingerprint density at radius 1 is 1.45 bits per heavy atom. The summed E-state index contributed by atoms with van der Waals surface area (Å²) in [5.41, 5.74) is 2.38. The molecule has 0 spiro atoms. The minimum atomic E-state index is -0.921. The molecular formula is C15H14ClNO2S. The molecule has 3 nitrogen and oxygen atoms in total. The van der Waals surface area contributed by atoms with E-state index in [2.05, 4.69) is 11.9 Å². The Kier molecular flexibility index (Phi) is 3.54. The first kappa shape index (κ1) is 13.6. The minimum Gasteiger partial charge on any atom is -0.478 e. The first-order chi connectivity index (χ1) is 9.56. The molecule has 1 aromatic heterocycles. The summed E-state index contributed by atoms with van der Waals surface area (Å²) in [6.07, 6.45) is 3.82. The fourth-order valence-corrected chi connectivity index (χ4v) is 4.05. The molecule has 3 rings (SSSR count). The highest BCUT2D eigenvalue weighted by Crippen LogP contribution is 2.39. The van der Waals surface area contributed by atoms with Crippen LogP contribution in [-0.4, -0.2) is 29.6 Å². The lowest BCUT2D eigenvalue weighted by Gasteiger charge is -2.13. The molecule has 1 aliphatic rings. The second kappa shape index (κ2) is 5.20. The molecule has 0 atom stereocenters. The van der Waals surface area contributed by atoms with E-state index in [0.717, 1.165) is 29.4 Å². The Labute approximate surface area is 126 Å². The summed E-state index contributed by atoms with van der Waals surface area (Å²) in [5, 5.41) is 10.8. The number of thiophene rings is 1. The molecule has 0 saturated carbocycles. The number of likely N-dealkylation sites (N-methyl/N-ethyl adjacent to an activating group) is 1. The highest BCUT2D eigenvalue weighted by molar-refractivity contribution is 7.20. The van der Waals surface area contributed by atoms with Crippen LogP contribution in [-0.2, 0) is 17.8 Å². The van der Waals surface area contributed by atoms with Crippen LogP contribution in [0.2, 0.25) is 5.02 Å². The number of nitrogens with zero attached hydrogens (tertiary/aromatic N) is 1. The van der Waals surface area contributed by atoms with Crippen molar-refractivity contribution in [2.24, 2.45) is 0 Å². The standard InChI is InChI=1S/C15H14ClNO2S/c1-17-7-6-9-11(16)2-3-13-15(9)10(8-17)12(20-13)4-5-14(18)19/h2-5H,6-8H2,1H3,(H,18,19). The largest absolute Gasteiger partial charge is 0.478 e. The van der Waals surface area contributed by atoms with Crippen molar-refractivity contribution < 1.29 is 9.90 Å². The van der Waals surface area contributed by atoms with Gasteiger partial charge in [0, 0.05) is 39.2 Å². The normalized spacial score (nSPS) is 15.9. The predicted octanol–water partition coefficient (Wildman–Crippen LogP) is 3.64. The van der Waals surface area contributed by atoms with Crippen LogP contribution in [0.15, 0.2) is 18.2 Å². The maximum atomic E-state index is 10.7. The van der Waals surface area contributed by atoms with Crippen LogP contribution in [0, 0.1) is 0 Å². The van der Waals surface area contributed by atoms with E-state index in [1.54, 1.807) is 17.4 Å². The highest BCUT2D eigenvalue weighted by Gasteiger charge is 2.20. The van der Waals surface area contributed by atoms with Gasteiger partial charge in [-0.25, -0.2) is 4.79 Å². The number of carboxylic acids is 1. The highest BCUT2D eigenvalue weighted by atomic mass is 35.5.